The number of anilines is 1. The Balaban J connectivity index is 1.60. The Hall–Kier alpha value is -2.89. The Kier molecular flexibility index (Phi) is 4.32. The number of rotatable bonds is 4. The van der Waals surface area contributed by atoms with Gasteiger partial charge in [-0.05, 0) is 30.5 Å². The molecule has 6 nitrogen and oxygen atoms in total. The molecule has 26 heavy (non-hydrogen) atoms. The molecule has 0 unspecified atom stereocenters. The number of fused-ring (bicyclic) bond motifs is 3. The van der Waals surface area contributed by atoms with Crippen LogP contribution in [0.25, 0.3) is 22.1 Å². The number of para-hydroxylation sites is 1. The summed E-state index contributed by atoms with van der Waals surface area (Å²) in [6.45, 7) is 1.79. The molecule has 0 aliphatic rings. The molecule has 0 bridgehead atoms. The van der Waals surface area contributed by atoms with Gasteiger partial charge in [0.25, 0.3) is 0 Å². The summed E-state index contributed by atoms with van der Waals surface area (Å²) >= 11 is 2.62. The third-order valence-corrected chi connectivity index (χ3v) is 5.72. The number of nitriles is 1. The highest BCUT2D eigenvalue weighted by molar-refractivity contribution is 8.00. The van der Waals surface area contributed by atoms with Crippen molar-refractivity contribution in [3.05, 3.63) is 47.6 Å². The van der Waals surface area contributed by atoms with E-state index in [1.165, 1.54) is 29.4 Å². The molecule has 1 N–H and O–H groups in total. The zero-order chi connectivity index (χ0) is 18.1. The summed E-state index contributed by atoms with van der Waals surface area (Å²) in [7, 11) is 0. The summed E-state index contributed by atoms with van der Waals surface area (Å²) in [4.78, 5) is 21.1. The molecule has 0 aliphatic heterocycles. The van der Waals surface area contributed by atoms with Gasteiger partial charge in [-0.2, -0.15) is 5.26 Å². The Labute approximate surface area is 156 Å². The van der Waals surface area contributed by atoms with Gasteiger partial charge >= 0.3 is 0 Å². The molecule has 0 aliphatic carbocycles. The summed E-state index contributed by atoms with van der Waals surface area (Å²) in [6, 6.07) is 11.4. The highest BCUT2D eigenvalue weighted by atomic mass is 32.2. The van der Waals surface area contributed by atoms with E-state index in [0.29, 0.717) is 21.2 Å². The Morgan fingerprint density at radius 2 is 2.19 bits per heavy atom. The number of carbonyl (C=O) groups is 1. The summed E-state index contributed by atoms with van der Waals surface area (Å²) in [5, 5.41) is 15.3. The standard InChI is InChI=1S/C18H12N4O2S2/c1-10(16(23)22-17-11(8-19)6-7-25-17)26-18-15-14(20-9-21-18)12-4-2-3-5-13(12)24-15/h2-7,9-10H,1H3,(H,22,23)/t10-/m0/s1. The summed E-state index contributed by atoms with van der Waals surface area (Å²) < 4.78 is 5.89. The highest BCUT2D eigenvalue weighted by Gasteiger charge is 2.21. The van der Waals surface area contributed by atoms with Crippen molar-refractivity contribution >= 4 is 56.1 Å². The first-order valence-corrected chi connectivity index (χ1v) is 9.50. The number of aromatic nitrogens is 2. The minimum Gasteiger partial charge on any atom is -0.451 e. The minimum atomic E-state index is -0.421. The lowest BCUT2D eigenvalue weighted by Crippen LogP contribution is -2.22. The average Bonchev–Trinajstić information content (AvgIpc) is 3.26. The molecule has 128 valence electrons. The van der Waals surface area contributed by atoms with Crippen molar-refractivity contribution in [1.29, 1.82) is 5.26 Å². The Bertz CT molecular complexity index is 1160. The molecule has 1 aromatic carbocycles. The average molecular weight is 380 g/mol. The van der Waals surface area contributed by atoms with Crippen molar-refractivity contribution < 1.29 is 9.21 Å². The zero-order valence-corrected chi connectivity index (χ0v) is 15.2. The third kappa shape index (κ3) is 2.92. The van der Waals surface area contributed by atoms with Crippen LogP contribution in [0.4, 0.5) is 5.00 Å². The first kappa shape index (κ1) is 16.6. The van der Waals surface area contributed by atoms with E-state index in [1.54, 1.807) is 18.4 Å². The van der Waals surface area contributed by atoms with Gasteiger partial charge in [-0.3, -0.25) is 4.79 Å². The van der Waals surface area contributed by atoms with E-state index in [-0.39, 0.29) is 5.91 Å². The summed E-state index contributed by atoms with van der Waals surface area (Å²) in [5.74, 6) is -0.197. The second kappa shape index (κ2) is 6.78. The molecule has 8 heteroatoms. The number of benzene rings is 1. The maximum Gasteiger partial charge on any atom is 0.238 e. The van der Waals surface area contributed by atoms with Crippen molar-refractivity contribution in [2.45, 2.75) is 17.2 Å². The van der Waals surface area contributed by atoms with Crippen LogP contribution in [0.5, 0.6) is 0 Å². The van der Waals surface area contributed by atoms with E-state index in [9.17, 15) is 4.79 Å². The van der Waals surface area contributed by atoms with Crippen molar-refractivity contribution in [1.82, 2.24) is 9.97 Å². The monoisotopic (exact) mass is 380 g/mol. The molecule has 4 aromatic rings. The van der Waals surface area contributed by atoms with Crippen LogP contribution >= 0.6 is 23.1 Å². The predicted molar refractivity (Wildman–Crippen MR) is 102 cm³/mol. The van der Waals surface area contributed by atoms with Crippen LogP contribution in [0.2, 0.25) is 0 Å². The van der Waals surface area contributed by atoms with Crippen LogP contribution in [0, 0.1) is 11.3 Å². The molecule has 0 saturated carbocycles. The Morgan fingerprint density at radius 3 is 3.04 bits per heavy atom. The number of hydrogen-bond donors (Lipinski definition) is 1. The fourth-order valence-corrected chi connectivity index (χ4v) is 4.11. The number of carbonyl (C=O) groups excluding carboxylic acids is 1. The fourth-order valence-electron chi connectivity index (χ4n) is 2.52. The molecular weight excluding hydrogens is 368 g/mol. The van der Waals surface area contributed by atoms with Gasteiger partial charge in [0.05, 0.1) is 10.8 Å². The molecule has 0 spiro atoms. The maximum absolute atomic E-state index is 12.5. The van der Waals surface area contributed by atoms with E-state index in [4.69, 9.17) is 9.68 Å². The molecule has 0 saturated heterocycles. The highest BCUT2D eigenvalue weighted by Crippen LogP contribution is 2.34. The molecule has 0 radical (unpaired) electrons. The SMILES string of the molecule is C[C@H](Sc1ncnc2c1oc1ccccc12)C(=O)Nc1sccc1C#N. The van der Waals surface area contributed by atoms with E-state index in [0.717, 1.165) is 16.5 Å². The van der Waals surface area contributed by atoms with E-state index >= 15 is 0 Å². The quantitative estimate of drug-likeness (QED) is 0.416. The lowest BCUT2D eigenvalue weighted by molar-refractivity contribution is -0.115. The smallest absolute Gasteiger partial charge is 0.238 e. The first-order chi connectivity index (χ1) is 12.7. The van der Waals surface area contributed by atoms with E-state index in [2.05, 4.69) is 21.4 Å². The van der Waals surface area contributed by atoms with Crippen LogP contribution in [-0.2, 0) is 4.79 Å². The van der Waals surface area contributed by atoms with Gasteiger partial charge in [-0.25, -0.2) is 9.97 Å². The molecule has 3 heterocycles. The van der Waals surface area contributed by atoms with Crippen LogP contribution in [0.3, 0.4) is 0 Å². The van der Waals surface area contributed by atoms with Crippen LogP contribution in [-0.4, -0.2) is 21.1 Å². The summed E-state index contributed by atoms with van der Waals surface area (Å²) in [5.41, 5.74) is 2.50. The molecule has 3 aromatic heterocycles. The predicted octanol–water partition coefficient (Wildman–Crippen LogP) is 4.43. The minimum absolute atomic E-state index is 0.197. The van der Waals surface area contributed by atoms with Gasteiger partial charge in [0.2, 0.25) is 5.91 Å². The van der Waals surface area contributed by atoms with E-state index in [1.807, 2.05) is 24.3 Å². The van der Waals surface area contributed by atoms with Gasteiger partial charge < -0.3 is 9.73 Å². The number of nitrogens with zero attached hydrogens (tertiary/aromatic N) is 3. The van der Waals surface area contributed by atoms with Crippen LogP contribution in [0.15, 0.2) is 51.5 Å². The Morgan fingerprint density at radius 1 is 1.35 bits per heavy atom. The van der Waals surface area contributed by atoms with Crippen LogP contribution in [0.1, 0.15) is 12.5 Å². The maximum atomic E-state index is 12.5. The molecule has 4 rings (SSSR count). The van der Waals surface area contributed by atoms with Crippen molar-refractivity contribution in [2.75, 3.05) is 5.32 Å². The molecule has 1 amide bonds. The number of furan rings is 1. The molecule has 1 atom stereocenters. The van der Waals surface area contributed by atoms with Crippen molar-refractivity contribution in [3.63, 3.8) is 0 Å². The number of thiophene rings is 1. The van der Waals surface area contributed by atoms with Crippen molar-refractivity contribution in [3.8, 4) is 6.07 Å². The van der Waals surface area contributed by atoms with Gasteiger partial charge in [-0.1, -0.05) is 23.9 Å². The van der Waals surface area contributed by atoms with Gasteiger partial charge in [-0.15, -0.1) is 11.3 Å². The normalized spacial score (nSPS) is 12.2. The van der Waals surface area contributed by atoms with Crippen LogP contribution < -0.4 is 5.32 Å². The number of amides is 1. The van der Waals surface area contributed by atoms with Crippen molar-refractivity contribution in [2.24, 2.45) is 0 Å². The van der Waals surface area contributed by atoms with Gasteiger partial charge in [0.1, 0.15) is 33.5 Å². The number of hydrogen-bond acceptors (Lipinski definition) is 7. The number of thioether (sulfide) groups is 1. The molecular formula is C18H12N4O2S2. The lowest BCUT2D eigenvalue weighted by atomic mass is 10.2. The topological polar surface area (TPSA) is 91.8 Å². The summed E-state index contributed by atoms with van der Waals surface area (Å²) in [6.07, 6.45) is 1.48. The van der Waals surface area contributed by atoms with Gasteiger partial charge in [0.15, 0.2) is 5.58 Å². The largest absolute Gasteiger partial charge is 0.451 e. The third-order valence-electron chi connectivity index (χ3n) is 3.81. The second-order valence-corrected chi connectivity index (χ2v) is 7.72. The molecule has 0 fully saturated rings. The fraction of sp³-hybridized carbons (Fsp3) is 0.111. The second-order valence-electron chi connectivity index (χ2n) is 5.48. The zero-order valence-electron chi connectivity index (χ0n) is 13.6. The first-order valence-electron chi connectivity index (χ1n) is 7.74. The lowest BCUT2D eigenvalue weighted by Gasteiger charge is -2.10. The number of nitrogens with one attached hydrogen (secondary N) is 1. The van der Waals surface area contributed by atoms with Gasteiger partial charge in [0, 0.05) is 5.39 Å². The van der Waals surface area contributed by atoms with E-state index < -0.39 is 5.25 Å².